The molecule has 0 unspecified atom stereocenters. The van der Waals surface area contributed by atoms with Gasteiger partial charge < -0.3 is 15.2 Å². The summed E-state index contributed by atoms with van der Waals surface area (Å²) in [6, 6.07) is 3.09. The largest absolute Gasteiger partial charge is 0.504 e. The highest BCUT2D eigenvalue weighted by atomic mass is 16.5. The molecule has 0 aliphatic rings. The third-order valence-electron chi connectivity index (χ3n) is 2.17. The second kappa shape index (κ2) is 6.30. The number of benzene rings is 1. The molecule has 0 saturated carbocycles. The van der Waals surface area contributed by atoms with Crippen LogP contribution in [0.1, 0.15) is 22.8 Å². The molecule has 0 aromatic heterocycles. The highest BCUT2D eigenvalue weighted by Crippen LogP contribution is 2.30. The number of phenolic OH excluding ortho intramolecular Hbond substituents is 1. The van der Waals surface area contributed by atoms with Crippen LogP contribution in [0.15, 0.2) is 12.1 Å². The Kier molecular flexibility index (Phi) is 4.76. The zero-order chi connectivity index (χ0) is 13.5. The average Bonchev–Trinajstić information content (AvgIpc) is 2.34. The van der Waals surface area contributed by atoms with Crippen molar-refractivity contribution in [2.45, 2.75) is 6.92 Å². The Morgan fingerprint density at radius 1 is 1.56 bits per heavy atom. The van der Waals surface area contributed by atoms with E-state index in [1.54, 1.807) is 6.07 Å². The monoisotopic (exact) mass is 247 g/mol. The van der Waals surface area contributed by atoms with Gasteiger partial charge in [-0.05, 0) is 12.1 Å². The van der Waals surface area contributed by atoms with E-state index < -0.39 is 0 Å². The maximum Gasteiger partial charge on any atom is 0.217 e. The van der Waals surface area contributed by atoms with Crippen LogP contribution in [-0.2, 0) is 4.79 Å². The van der Waals surface area contributed by atoms with Gasteiger partial charge in [0.2, 0.25) is 5.91 Å². The van der Waals surface area contributed by atoms with Crippen LogP contribution in [0.25, 0.3) is 0 Å². The number of carbonyl (C=O) groups is 2. The fraction of sp³-hybridized carbons (Fsp3) is 0.231. The van der Waals surface area contributed by atoms with Gasteiger partial charge in [0.1, 0.15) is 0 Å². The van der Waals surface area contributed by atoms with Crippen molar-refractivity contribution in [2.75, 3.05) is 13.7 Å². The minimum Gasteiger partial charge on any atom is -0.504 e. The van der Waals surface area contributed by atoms with E-state index in [1.165, 1.54) is 20.1 Å². The van der Waals surface area contributed by atoms with E-state index in [4.69, 9.17) is 4.74 Å². The predicted molar refractivity (Wildman–Crippen MR) is 65.6 cm³/mol. The topological polar surface area (TPSA) is 75.6 Å². The van der Waals surface area contributed by atoms with Gasteiger partial charge in [-0.15, -0.1) is 0 Å². The zero-order valence-corrected chi connectivity index (χ0v) is 10.1. The lowest BCUT2D eigenvalue weighted by Gasteiger charge is -2.06. The average molecular weight is 247 g/mol. The van der Waals surface area contributed by atoms with Crippen molar-refractivity contribution in [1.82, 2.24) is 5.32 Å². The van der Waals surface area contributed by atoms with Crippen molar-refractivity contribution in [3.05, 3.63) is 23.3 Å². The van der Waals surface area contributed by atoms with Crippen molar-refractivity contribution in [1.29, 1.82) is 0 Å². The van der Waals surface area contributed by atoms with Crippen LogP contribution in [0, 0.1) is 11.8 Å². The summed E-state index contributed by atoms with van der Waals surface area (Å²) in [6.45, 7) is 1.57. The van der Waals surface area contributed by atoms with Gasteiger partial charge in [0.15, 0.2) is 17.8 Å². The maximum atomic E-state index is 10.9. The van der Waals surface area contributed by atoms with Crippen LogP contribution in [0.3, 0.4) is 0 Å². The first-order valence-electron chi connectivity index (χ1n) is 5.18. The maximum absolute atomic E-state index is 10.9. The summed E-state index contributed by atoms with van der Waals surface area (Å²) in [5.74, 6) is 5.17. The molecule has 0 heterocycles. The number of ether oxygens (including phenoxy) is 1. The summed E-state index contributed by atoms with van der Waals surface area (Å²) in [5.41, 5.74) is 0.457. The van der Waals surface area contributed by atoms with Gasteiger partial charge in [0.25, 0.3) is 0 Å². The van der Waals surface area contributed by atoms with E-state index in [2.05, 4.69) is 17.2 Å². The SMILES string of the molecule is COc1ccc(C#CCNC(C)=O)c(C=O)c1O. The van der Waals surface area contributed by atoms with E-state index in [-0.39, 0.29) is 29.5 Å². The van der Waals surface area contributed by atoms with Crippen molar-refractivity contribution in [2.24, 2.45) is 0 Å². The Balaban J connectivity index is 2.99. The number of hydrogen-bond acceptors (Lipinski definition) is 4. The number of carbonyl (C=O) groups excluding carboxylic acids is 2. The predicted octanol–water partition coefficient (Wildman–Crippen LogP) is 0.701. The number of aldehydes is 1. The van der Waals surface area contributed by atoms with Gasteiger partial charge in [-0.1, -0.05) is 11.8 Å². The molecular weight excluding hydrogens is 234 g/mol. The van der Waals surface area contributed by atoms with Crippen LogP contribution in [0.4, 0.5) is 0 Å². The normalized spacial score (nSPS) is 9.00. The molecule has 2 N–H and O–H groups in total. The van der Waals surface area contributed by atoms with Crippen LogP contribution >= 0.6 is 0 Å². The van der Waals surface area contributed by atoms with Gasteiger partial charge in [-0.25, -0.2) is 0 Å². The molecule has 1 aromatic rings. The van der Waals surface area contributed by atoms with E-state index >= 15 is 0 Å². The summed E-state index contributed by atoms with van der Waals surface area (Å²) in [5, 5.41) is 12.2. The molecule has 0 aliphatic heterocycles. The lowest BCUT2D eigenvalue weighted by molar-refractivity contribution is -0.118. The second-order valence-corrected chi connectivity index (χ2v) is 3.41. The number of nitrogens with one attached hydrogen (secondary N) is 1. The van der Waals surface area contributed by atoms with Crippen molar-refractivity contribution >= 4 is 12.2 Å². The number of aromatic hydroxyl groups is 1. The van der Waals surface area contributed by atoms with Gasteiger partial charge in [-0.3, -0.25) is 9.59 Å². The van der Waals surface area contributed by atoms with Gasteiger partial charge in [0.05, 0.1) is 19.2 Å². The number of rotatable bonds is 3. The minimum atomic E-state index is -0.237. The molecule has 5 heteroatoms. The molecule has 18 heavy (non-hydrogen) atoms. The molecule has 0 aliphatic carbocycles. The van der Waals surface area contributed by atoms with E-state index in [0.717, 1.165) is 0 Å². The van der Waals surface area contributed by atoms with Crippen LogP contribution in [0.5, 0.6) is 11.5 Å². The number of hydrogen-bond donors (Lipinski definition) is 2. The number of phenols is 1. The van der Waals surface area contributed by atoms with Gasteiger partial charge in [-0.2, -0.15) is 0 Å². The molecule has 0 fully saturated rings. The third-order valence-corrected chi connectivity index (χ3v) is 2.17. The molecule has 0 spiro atoms. The molecule has 5 nitrogen and oxygen atoms in total. The lowest BCUT2D eigenvalue weighted by atomic mass is 10.1. The molecule has 0 radical (unpaired) electrons. The Morgan fingerprint density at radius 2 is 2.28 bits per heavy atom. The van der Waals surface area contributed by atoms with E-state index in [0.29, 0.717) is 11.8 Å². The fourth-order valence-electron chi connectivity index (χ4n) is 1.29. The first kappa shape index (κ1) is 13.6. The highest BCUT2D eigenvalue weighted by molar-refractivity contribution is 5.85. The summed E-state index contributed by atoms with van der Waals surface area (Å²) in [4.78, 5) is 21.5. The van der Waals surface area contributed by atoms with Gasteiger partial charge >= 0.3 is 0 Å². The molecule has 0 atom stereocenters. The molecule has 0 saturated heterocycles. The molecule has 1 amide bonds. The molecule has 1 aromatic carbocycles. The molecule has 0 bridgehead atoms. The van der Waals surface area contributed by atoms with Crippen LogP contribution in [-0.4, -0.2) is 31.0 Å². The quantitative estimate of drug-likeness (QED) is 0.609. The summed E-state index contributed by atoms with van der Waals surface area (Å²) in [7, 11) is 1.39. The third kappa shape index (κ3) is 3.25. The van der Waals surface area contributed by atoms with Crippen LogP contribution in [0.2, 0.25) is 0 Å². The van der Waals surface area contributed by atoms with Gasteiger partial charge in [0, 0.05) is 12.5 Å². The van der Waals surface area contributed by atoms with Crippen LogP contribution < -0.4 is 10.1 Å². The molecule has 94 valence electrons. The number of methoxy groups -OCH3 is 1. The highest BCUT2D eigenvalue weighted by Gasteiger charge is 2.10. The van der Waals surface area contributed by atoms with Crippen molar-refractivity contribution < 1.29 is 19.4 Å². The van der Waals surface area contributed by atoms with E-state index in [9.17, 15) is 14.7 Å². The smallest absolute Gasteiger partial charge is 0.217 e. The Morgan fingerprint density at radius 3 is 2.83 bits per heavy atom. The fourth-order valence-corrected chi connectivity index (χ4v) is 1.29. The minimum absolute atomic E-state index is 0.0738. The lowest BCUT2D eigenvalue weighted by Crippen LogP contribution is -2.19. The van der Waals surface area contributed by atoms with Crippen molar-refractivity contribution in [3.63, 3.8) is 0 Å². The Bertz CT molecular complexity index is 526. The summed E-state index contributed by atoms with van der Waals surface area (Å²) in [6.07, 6.45) is 0.514. The zero-order valence-electron chi connectivity index (χ0n) is 10.1. The van der Waals surface area contributed by atoms with E-state index in [1.807, 2.05) is 0 Å². The number of amides is 1. The Hall–Kier alpha value is -2.48. The standard InChI is InChI=1S/C13H13NO4/c1-9(16)14-7-3-4-10-5-6-12(18-2)13(17)11(10)8-15/h5-6,8,17H,7H2,1-2H3,(H,14,16). The first-order valence-corrected chi connectivity index (χ1v) is 5.18. The van der Waals surface area contributed by atoms with Crippen molar-refractivity contribution in [3.8, 4) is 23.3 Å². The summed E-state index contributed by atoms with van der Waals surface area (Å²) >= 11 is 0. The molecule has 1 rings (SSSR count). The molecular formula is C13H13NO4. The Labute approximate surface area is 105 Å². The first-order chi connectivity index (χ1) is 8.60. The second-order valence-electron chi connectivity index (χ2n) is 3.41. The summed E-state index contributed by atoms with van der Waals surface area (Å²) < 4.78 is 4.89.